The molecule has 9 heavy (non-hydrogen) atoms. The average Bonchev–Trinajstić information content (AvgIpc) is 2.45. The van der Waals surface area contributed by atoms with Crippen molar-refractivity contribution in [2.75, 3.05) is 0 Å². The van der Waals surface area contributed by atoms with Crippen molar-refractivity contribution in [1.82, 2.24) is 0 Å². The monoisotopic (exact) mass is 124 g/mol. The average molecular weight is 124 g/mol. The Kier molecular flexibility index (Phi) is 1.11. The Hall–Kier alpha value is -0.330. The molecule has 2 saturated carbocycles. The van der Waals surface area contributed by atoms with E-state index in [1.807, 2.05) is 0 Å². The van der Waals surface area contributed by atoms with Crippen molar-refractivity contribution < 1.29 is 4.79 Å². The largest absolute Gasteiger partial charge is 0.303 e. The molecule has 2 aliphatic carbocycles. The summed E-state index contributed by atoms with van der Waals surface area (Å²) in [5, 5.41) is 0. The summed E-state index contributed by atoms with van der Waals surface area (Å²) in [6.45, 7) is 0. The smallest absolute Gasteiger partial charge is 0.123 e. The SMILES string of the molecule is O=C[C@H]1CC2CC[C@@H]1C2. The van der Waals surface area contributed by atoms with Gasteiger partial charge in [-0.15, -0.1) is 0 Å². The topological polar surface area (TPSA) is 17.1 Å². The van der Waals surface area contributed by atoms with E-state index in [4.69, 9.17) is 0 Å². The summed E-state index contributed by atoms with van der Waals surface area (Å²) < 4.78 is 0. The first kappa shape index (κ1) is 5.45. The van der Waals surface area contributed by atoms with E-state index in [9.17, 15) is 4.79 Å². The maximum atomic E-state index is 10.4. The lowest BCUT2D eigenvalue weighted by Crippen LogP contribution is -2.10. The van der Waals surface area contributed by atoms with Crippen LogP contribution >= 0.6 is 0 Å². The Morgan fingerprint density at radius 1 is 1.22 bits per heavy atom. The first-order valence-electron chi connectivity index (χ1n) is 3.85. The van der Waals surface area contributed by atoms with Gasteiger partial charge in [0.05, 0.1) is 0 Å². The fraction of sp³-hybridized carbons (Fsp3) is 0.875. The summed E-state index contributed by atoms with van der Waals surface area (Å²) in [5.41, 5.74) is 0. The van der Waals surface area contributed by atoms with Gasteiger partial charge in [-0.25, -0.2) is 0 Å². The molecule has 1 unspecified atom stereocenters. The number of aldehydes is 1. The van der Waals surface area contributed by atoms with Gasteiger partial charge in [-0.05, 0) is 31.1 Å². The predicted octanol–water partition coefficient (Wildman–Crippen LogP) is 1.62. The zero-order valence-electron chi connectivity index (χ0n) is 5.55. The molecule has 0 aromatic heterocycles. The van der Waals surface area contributed by atoms with Gasteiger partial charge in [0.2, 0.25) is 0 Å². The molecule has 2 fully saturated rings. The lowest BCUT2D eigenvalue weighted by atomic mass is 9.90. The van der Waals surface area contributed by atoms with Crippen LogP contribution in [0.25, 0.3) is 0 Å². The maximum Gasteiger partial charge on any atom is 0.123 e. The number of carbonyl (C=O) groups is 1. The van der Waals surface area contributed by atoms with Crippen molar-refractivity contribution in [3.63, 3.8) is 0 Å². The second kappa shape index (κ2) is 1.83. The van der Waals surface area contributed by atoms with Crippen LogP contribution in [0.15, 0.2) is 0 Å². The Morgan fingerprint density at radius 3 is 2.44 bits per heavy atom. The third-order valence-electron chi connectivity index (χ3n) is 2.97. The zero-order chi connectivity index (χ0) is 6.27. The van der Waals surface area contributed by atoms with Gasteiger partial charge in [0.15, 0.2) is 0 Å². The fourth-order valence-corrected chi connectivity index (χ4v) is 2.46. The normalized spacial score (nSPS) is 47.8. The number of hydrogen-bond acceptors (Lipinski definition) is 1. The zero-order valence-corrected chi connectivity index (χ0v) is 5.55. The lowest BCUT2D eigenvalue weighted by Gasteiger charge is -2.14. The molecule has 1 heteroatoms. The van der Waals surface area contributed by atoms with Gasteiger partial charge in [0, 0.05) is 5.92 Å². The molecule has 2 aliphatic rings. The van der Waals surface area contributed by atoms with Crippen LogP contribution in [0.4, 0.5) is 0 Å². The summed E-state index contributed by atoms with van der Waals surface area (Å²) in [4.78, 5) is 10.4. The second-order valence-corrected chi connectivity index (χ2v) is 3.47. The van der Waals surface area contributed by atoms with Crippen LogP contribution in [-0.2, 0) is 4.79 Å². The molecule has 3 atom stereocenters. The van der Waals surface area contributed by atoms with Crippen LogP contribution in [0.2, 0.25) is 0 Å². The summed E-state index contributed by atoms with van der Waals surface area (Å²) in [5.74, 6) is 2.15. The first-order chi connectivity index (χ1) is 4.40. The Labute approximate surface area is 55.4 Å². The van der Waals surface area contributed by atoms with Gasteiger partial charge >= 0.3 is 0 Å². The van der Waals surface area contributed by atoms with Crippen LogP contribution in [-0.4, -0.2) is 6.29 Å². The van der Waals surface area contributed by atoms with Crippen LogP contribution in [0.1, 0.15) is 25.7 Å². The van der Waals surface area contributed by atoms with E-state index in [1.54, 1.807) is 0 Å². The molecule has 0 radical (unpaired) electrons. The van der Waals surface area contributed by atoms with Crippen LogP contribution < -0.4 is 0 Å². The highest BCUT2D eigenvalue weighted by Crippen LogP contribution is 2.47. The molecule has 1 nitrogen and oxygen atoms in total. The van der Waals surface area contributed by atoms with E-state index < -0.39 is 0 Å². The molecule has 50 valence electrons. The fourth-order valence-electron chi connectivity index (χ4n) is 2.46. The molecule has 0 aromatic carbocycles. The Morgan fingerprint density at radius 2 is 2.11 bits per heavy atom. The minimum absolute atomic E-state index is 0.448. The van der Waals surface area contributed by atoms with Gasteiger partial charge in [-0.3, -0.25) is 0 Å². The van der Waals surface area contributed by atoms with Crippen molar-refractivity contribution in [3.05, 3.63) is 0 Å². The number of hydrogen-bond donors (Lipinski definition) is 0. The number of carbonyl (C=O) groups excluding carboxylic acids is 1. The highest BCUT2D eigenvalue weighted by molar-refractivity contribution is 5.55. The first-order valence-corrected chi connectivity index (χ1v) is 3.85. The van der Waals surface area contributed by atoms with E-state index in [0.29, 0.717) is 5.92 Å². The third kappa shape index (κ3) is 0.707. The predicted molar refractivity (Wildman–Crippen MR) is 35.0 cm³/mol. The highest BCUT2D eigenvalue weighted by Gasteiger charge is 2.38. The van der Waals surface area contributed by atoms with Crippen LogP contribution in [0, 0.1) is 17.8 Å². The summed E-state index contributed by atoms with van der Waals surface area (Å²) >= 11 is 0. The minimum atomic E-state index is 0.448. The van der Waals surface area contributed by atoms with Crippen LogP contribution in [0.5, 0.6) is 0 Å². The number of rotatable bonds is 1. The third-order valence-corrected chi connectivity index (χ3v) is 2.97. The second-order valence-electron chi connectivity index (χ2n) is 3.47. The summed E-state index contributed by atoms with van der Waals surface area (Å²) in [6, 6.07) is 0. The summed E-state index contributed by atoms with van der Waals surface area (Å²) in [7, 11) is 0. The van der Waals surface area contributed by atoms with Gasteiger partial charge in [0.1, 0.15) is 6.29 Å². The molecule has 2 rings (SSSR count). The Balaban J connectivity index is 2.09. The van der Waals surface area contributed by atoms with E-state index in [-0.39, 0.29) is 0 Å². The van der Waals surface area contributed by atoms with E-state index in [1.165, 1.54) is 32.0 Å². The standard InChI is InChI=1S/C8H12O/c9-5-8-4-6-1-2-7(8)3-6/h5-8H,1-4H2/t6?,7-,8-/m1/s1. The van der Waals surface area contributed by atoms with E-state index in [2.05, 4.69) is 0 Å². The van der Waals surface area contributed by atoms with Crippen LogP contribution in [0.3, 0.4) is 0 Å². The van der Waals surface area contributed by atoms with Gasteiger partial charge in [-0.2, -0.15) is 0 Å². The molecular weight excluding hydrogens is 112 g/mol. The van der Waals surface area contributed by atoms with Crippen molar-refractivity contribution in [3.8, 4) is 0 Å². The van der Waals surface area contributed by atoms with E-state index >= 15 is 0 Å². The van der Waals surface area contributed by atoms with Crippen molar-refractivity contribution in [2.45, 2.75) is 25.7 Å². The van der Waals surface area contributed by atoms with Crippen molar-refractivity contribution >= 4 is 6.29 Å². The van der Waals surface area contributed by atoms with Crippen molar-refractivity contribution in [2.24, 2.45) is 17.8 Å². The molecule has 0 amide bonds. The van der Waals surface area contributed by atoms with Crippen molar-refractivity contribution in [1.29, 1.82) is 0 Å². The molecule has 0 spiro atoms. The highest BCUT2D eigenvalue weighted by atomic mass is 16.1. The van der Waals surface area contributed by atoms with Gasteiger partial charge in [0.25, 0.3) is 0 Å². The van der Waals surface area contributed by atoms with Gasteiger partial charge in [-0.1, -0.05) is 6.42 Å². The van der Waals surface area contributed by atoms with Gasteiger partial charge < -0.3 is 4.79 Å². The quantitative estimate of drug-likeness (QED) is 0.485. The molecular formula is C8H12O. The lowest BCUT2D eigenvalue weighted by molar-refractivity contribution is -0.112. The number of fused-ring (bicyclic) bond motifs is 2. The molecule has 0 saturated heterocycles. The maximum absolute atomic E-state index is 10.4. The summed E-state index contributed by atoms with van der Waals surface area (Å²) in [6.07, 6.45) is 6.45. The molecule has 0 aromatic rings. The minimum Gasteiger partial charge on any atom is -0.303 e. The molecule has 0 aliphatic heterocycles. The van der Waals surface area contributed by atoms with E-state index in [0.717, 1.165) is 11.8 Å². The molecule has 0 heterocycles. The Bertz CT molecular complexity index is 131. The molecule has 0 N–H and O–H groups in total. The molecule has 2 bridgehead atoms.